The van der Waals surface area contributed by atoms with Crippen molar-refractivity contribution in [3.63, 3.8) is 0 Å². The van der Waals surface area contributed by atoms with Gasteiger partial charge in [0.25, 0.3) is 0 Å². The summed E-state index contributed by atoms with van der Waals surface area (Å²) in [5.41, 5.74) is 1.19. The lowest BCUT2D eigenvalue weighted by Crippen LogP contribution is -2.31. The Morgan fingerprint density at radius 2 is 2.00 bits per heavy atom. The van der Waals surface area contributed by atoms with Crippen LogP contribution in [0.1, 0.15) is 57.2 Å². The Bertz CT molecular complexity index is 416. The van der Waals surface area contributed by atoms with Gasteiger partial charge in [0.1, 0.15) is 0 Å². The molecule has 21 heavy (non-hydrogen) atoms. The third-order valence-electron chi connectivity index (χ3n) is 4.93. The molecule has 3 rings (SSSR count). The second kappa shape index (κ2) is 7.41. The SMILES string of the molecule is CC(CNCc1ccn(C2CCCC2)n1)CN1CCCC1. The lowest BCUT2D eigenvalue weighted by atomic mass is 10.1. The standard InChI is InChI=1S/C17H30N4/c1-15(14-20-9-4-5-10-20)12-18-13-16-8-11-21(19-16)17-6-2-3-7-17/h8,11,15,17-18H,2-7,9-10,12-14H2,1H3. The topological polar surface area (TPSA) is 33.1 Å². The highest BCUT2D eigenvalue weighted by Crippen LogP contribution is 2.28. The van der Waals surface area contributed by atoms with E-state index in [-0.39, 0.29) is 0 Å². The van der Waals surface area contributed by atoms with Crippen molar-refractivity contribution in [2.24, 2.45) is 5.92 Å². The Morgan fingerprint density at radius 1 is 1.24 bits per heavy atom. The van der Waals surface area contributed by atoms with Crippen LogP contribution in [-0.4, -0.2) is 40.9 Å². The van der Waals surface area contributed by atoms with Gasteiger partial charge in [-0.05, 0) is 57.3 Å². The molecule has 1 unspecified atom stereocenters. The Kier molecular flexibility index (Phi) is 5.31. The quantitative estimate of drug-likeness (QED) is 0.838. The fourth-order valence-electron chi connectivity index (χ4n) is 3.76. The van der Waals surface area contributed by atoms with Crippen LogP contribution in [-0.2, 0) is 6.54 Å². The number of hydrogen-bond donors (Lipinski definition) is 1. The molecule has 0 spiro atoms. The molecule has 1 aliphatic heterocycles. The number of aromatic nitrogens is 2. The highest BCUT2D eigenvalue weighted by molar-refractivity contribution is 5.00. The molecule has 118 valence electrons. The molecule has 4 heteroatoms. The fourth-order valence-corrected chi connectivity index (χ4v) is 3.76. The van der Waals surface area contributed by atoms with Gasteiger partial charge < -0.3 is 10.2 Å². The average Bonchev–Trinajstić information content (AvgIpc) is 3.21. The van der Waals surface area contributed by atoms with Gasteiger partial charge in [-0.25, -0.2) is 0 Å². The van der Waals surface area contributed by atoms with Crippen LogP contribution in [0.4, 0.5) is 0 Å². The van der Waals surface area contributed by atoms with Crippen LogP contribution >= 0.6 is 0 Å². The first-order valence-corrected chi connectivity index (χ1v) is 8.78. The van der Waals surface area contributed by atoms with E-state index < -0.39 is 0 Å². The lowest BCUT2D eigenvalue weighted by molar-refractivity contribution is 0.282. The van der Waals surface area contributed by atoms with Crippen molar-refractivity contribution in [3.05, 3.63) is 18.0 Å². The molecule has 0 amide bonds. The van der Waals surface area contributed by atoms with Crippen LogP contribution in [0, 0.1) is 5.92 Å². The van der Waals surface area contributed by atoms with E-state index in [9.17, 15) is 0 Å². The van der Waals surface area contributed by atoms with Crippen molar-refractivity contribution in [2.75, 3.05) is 26.2 Å². The molecule has 1 aromatic heterocycles. The molecule has 1 aromatic rings. The maximum absolute atomic E-state index is 4.74. The predicted molar refractivity (Wildman–Crippen MR) is 86.3 cm³/mol. The molecule has 2 aliphatic rings. The normalized spacial score (nSPS) is 22.1. The highest BCUT2D eigenvalue weighted by atomic mass is 15.3. The lowest BCUT2D eigenvalue weighted by Gasteiger charge is -2.20. The smallest absolute Gasteiger partial charge is 0.0762 e. The zero-order chi connectivity index (χ0) is 14.5. The molecule has 1 atom stereocenters. The minimum absolute atomic E-state index is 0.660. The van der Waals surface area contributed by atoms with Crippen LogP contribution < -0.4 is 5.32 Å². The van der Waals surface area contributed by atoms with Crippen LogP contribution in [0.25, 0.3) is 0 Å². The third-order valence-corrected chi connectivity index (χ3v) is 4.93. The van der Waals surface area contributed by atoms with E-state index in [1.54, 1.807) is 0 Å². The molecule has 0 radical (unpaired) electrons. The van der Waals surface area contributed by atoms with E-state index in [2.05, 4.69) is 34.1 Å². The van der Waals surface area contributed by atoms with Gasteiger partial charge in [-0.3, -0.25) is 4.68 Å². The molecule has 2 heterocycles. The molecule has 2 fully saturated rings. The summed E-state index contributed by atoms with van der Waals surface area (Å²) in [6.45, 7) is 8.19. The Labute approximate surface area is 128 Å². The fraction of sp³-hybridized carbons (Fsp3) is 0.824. The Balaban J connectivity index is 1.36. The van der Waals surface area contributed by atoms with E-state index in [4.69, 9.17) is 5.10 Å². The van der Waals surface area contributed by atoms with Crippen molar-refractivity contribution < 1.29 is 0 Å². The summed E-state index contributed by atoms with van der Waals surface area (Å²) in [4.78, 5) is 2.60. The van der Waals surface area contributed by atoms with E-state index in [1.165, 1.54) is 63.9 Å². The summed E-state index contributed by atoms with van der Waals surface area (Å²) >= 11 is 0. The van der Waals surface area contributed by atoms with Crippen molar-refractivity contribution in [3.8, 4) is 0 Å². The second-order valence-corrected chi connectivity index (χ2v) is 6.97. The van der Waals surface area contributed by atoms with Crippen molar-refractivity contribution in [2.45, 2.75) is 58.0 Å². The van der Waals surface area contributed by atoms with Crippen LogP contribution in [0.5, 0.6) is 0 Å². The maximum Gasteiger partial charge on any atom is 0.0762 e. The van der Waals surface area contributed by atoms with Gasteiger partial charge in [-0.2, -0.15) is 5.10 Å². The number of likely N-dealkylation sites (tertiary alicyclic amines) is 1. The first-order chi connectivity index (χ1) is 10.3. The van der Waals surface area contributed by atoms with Crippen molar-refractivity contribution in [1.29, 1.82) is 0 Å². The second-order valence-electron chi connectivity index (χ2n) is 6.97. The summed E-state index contributed by atoms with van der Waals surface area (Å²) in [6, 6.07) is 2.84. The predicted octanol–water partition coefficient (Wildman–Crippen LogP) is 2.82. The van der Waals surface area contributed by atoms with Crippen LogP contribution in [0.15, 0.2) is 12.3 Å². The van der Waals surface area contributed by atoms with Gasteiger partial charge in [0, 0.05) is 19.3 Å². The average molecular weight is 290 g/mol. The summed E-state index contributed by atoms with van der Waals surface area (Å²) < 4.78 is 2.19. The van der Waals surface area contributed by atoms with Gasteiger partial charge in [-0.1, -0.05) is 19.8 Å². The summed E-state index contributed by atoms with van der Waals surface area (Å²) in [7, 11) is 0. The molecular formula is C17H30N4. The van der Waals surface area contributed by atoms with Gasteiger partial charge in [0.2, 0.25) is 0 Å². The van der Waals surface area contributed by atoms with Crippen LogP contribution in [0.3, 0.4) is 0 Å². The summed E-state index contributed by atoms with van der Waals surface area (Å²) in [5.74, 6) is 0.722. The zero-order valence-electron chi connectivity index (χ0n) is 13.4. The molecule has 0 bridgehead atoms. The van der Waals surface area contributed by atoms with Gasteiger partial charge >= 0.3 is 0 Å². The Morgan fingerprint density at radius 3 is 2.76 bits per heavy atom. The summed E-state index contributed by atoms with van der Waals surface area (Å²) in [6.07, 6.45) is 10.3. The molecule has 0 aromatic carbocycles. The number of rotatable bonds is 7. The largest absolute Gasteiger partial charge is 0.311 e. The first kappa shape index (κ1) is 15.0. The molecule has 1 saturated carbocycles. The van der Waals surface area contributed by atoms with E-state index in [0.29, 0.717) is 6.04 Å². The highest BCUT2D eigenvalue weighted by Gasteiger charge is 2.17. The molecule has 1 saturated heterocycles. The molecule has 4 nitrogen and oxygen atoms in total. The minimum atomic E-state index is 0.660. The first-order valence-electron chi connectivity index (χ1n) is 8.78. The monoisotopic (exact) mass is 290 g/mol. The number of nitrogens with one attached hydrogen (secondary N) is 1. The molecule has 1 aliphatic carbocycles. The Hall–Kier alpha value is -0.870. The van der Waals surface area contributed by atoms with E-state index in [0.717, 1.165) is 19.0 Å². The molecular weight excluding hydrogens is 260 g/mol. The zero-order valence-corrected chi connectivity index (χ0v) is 13.4. The van der Waals surface area contributed by atoms with Crippen molar-refractivity contribution >= 4 is 0 Å². The van der Waals surface area contributed by atoms with Gasteiger partial charge in [-0.15, -0.1) is 0 Å². The number of nitrogens with zero attached hydrogens (tertiary/aromatic N) is 3. The van der Waals surface area contributed by atoms with Gasteiger partial charge in [0.15, 0.2) is 0 Å². The minimum Gasteiger partial charge on any atom is -0.311 e. The van der Waals surface area contributed by atoms with E-state index >= 15 is 0 Å². The van der Waals surface area contributed by atoms with Crippen molar-refractivity contribution in [1.82, 2.24) is 20.0 Å². The molecule has 1 N–H and O–H groups in total. The van der Waals surface area contributed by atoms with Gasteiger partial charge in [0.05, 0.1) is 11.7 Å². The van der Waals surface area contributed by atoms with E-state index in [1.807, 2.05) is 0 Å². The van der Waals surface area contributed by atoms with Crippen LogP contribution in [0.2, 0.25) is 0 Å². The number of hydrogen-bond acceptors (Lipinski definition) is 3. The maximum atomic E-state index is 4.74. The third kappa shape index (κ3) is 4.30. The summed E-state index contributed by atoms with van der Waals surface area (Å²) in [5, 5.41) is 8.31.